The molecule has 33 heavy (non-hydrogen) atoms. The van der Waals surface area contributed by atoms with E-state index in [1.54, 1.807) is 30.3 Å². The monoisotopic (exact) mass is 444 g/mol. The van der Waals surface area contributed by atoms with Crippen LogP contribution < -0.4 is 15.8 Å². The van der Waals surface area contributed by atoms with Crippen molar-refractivity contribution in [1.82, 2.24) is 9.55 Å². The first-order valence-electron chi connectivity index (χ1n) is 10.3. The van der Waals surface area contributed by atoms with E-state index in [4.69, 9.17) is 0 Å². The Morgan fingerprint density at radius 1 is 1.00 bits per heavy atom. The normalized spacial score (nSPS) is 10.7. The summed E-state index contributed by atoms with van der Waals surface area (Å²) in [5.74, 6) is -1.42. The molecule has 0 bridgehead atoms. The average molecular weight is 444 g/mol. The van der Waals surface area contributed by atoms with Crippen LogP contribution in [-0.2, 0) is 22.7 Å². The van der Waals surface area contributed by atoms with Crippen molar-refractivity contribution < 1.29 is 14.0 Å². The topological polar surface area (TPSA) is 84.3 Å². The molecule has 3 aromatic carbocycles. The van der Waals surface area contributed by atoms with E-state index in [0.29, 0.717) is 11.0 Å². The van der Waals surface area contributed by atoms with Crippen molar-refractivity contribution in [2.45, 2.75) is 20.0 Å². The number of rotatable bonds is 6. The lowest BCUT2D eigenvalue weighted by Gasteiger charge is -2.21. The molecule has 7 nitrogen and oxygen atoms in total. The number of benzene rings is 3. The fourth-order valence-electron chi connectivity index (χ4n) is 3.52. The molecule has 0 radical (unpaired) electrons. The highest BCUT2D eigenvalue weighted by Crippen LogP contribution is 2.17. The van der Waals surface area contributed by atoms with Crippen LogP contribution in [0.5, 0.6) is 0 Å². The molecule has 166 valence electrons. The Hall–Kier alpha value is -4.33. The van der Waals surface area contributed by atoms with Gasteiger partial charge in [0, 0.05) is 12.6 Å². The number of hydrogen-bond acceptors (Lipinski definition) is 4. The summed E-state index contributed by atoms with van der Waals surface area (Å²) in [6, 6.07) is 21.6. The number of carbonyl (C=O) groups is 2. The lowest BCUT2D eigenvalue weighted by Crippen LogP contribution is -2.38. The summed E-state index contributed by atoms with van der Waals surface area (Å²) in [6.07, 6.45) is 0. The van der Waals surface area contributed by atoms with E-state index >= 15 is 0 Å². The highest BCUT2D eigenvalue weighted by molar-refractivity contribution is 5.93. The second kappa shape index (κ2) is 9.44. The molecule has 8 heteroatoms. The Balaban J connectivity index is 1.74. The summed E-state index contributed by atoms with van der Waals surface area (Å²) >= 11 is 0. The Kier molecular flexibility index (Phi) is 6.26. The number of anilines is 2. The summed E-state index contributed by atoms with van der Waals surface area (Å²) in [5.41, 5.74) is 1.45. The summed E-state index contributed by atoms with van der Waals surface area (Å²) in [5, 5.41) is 2.59. The quantitative estimate of drug-likeness (QED) is 0.491. The van der Waals surface area contributed by atoms with E-state index in [9.17, 15) is 18.8 Å². The molecule has 0 saturated carbocycles. The van der Waals surface area contributed by atoms with Crippen LogP contribution in [0.15, 0.2) is 83.7 Å². The summed E-state index contributed by atoms with van der Waals surface area (Å²) < 4.78 is 14.7. The molecule has 1 N–H and O–H groups in total. The third kappa shape index (κ3) is 4.95. The Labute approximate surface area is 189 Å². The Bertz CT molecular complexity index is 1390. The van der Waals surface area contributed by atoms with Crippen molar-refractivity contribution in [2.75, 3.05) is 10.2 Å². The fraction of sp³-hybridized carbons (Fsp3) is 0.120. The van der Waals surface area contributed by atoms with Crippen LogP contribution in [0.1, 0.15) is 12.5 Å². The second-order valence-corrected chi connectivity index (χ2v) is 7.46. The predicted molar refractivity (Wildman–Crippen MR) is 124 cm³/mol. The summed E-state index contributed by atoms with van der Waals surface area (Å²) in [6.45, 7) is 1.19. The molecule has 0 aliphatic rings. The van der Waals surface area contributed by atoms with Crippen molar-refractivity contribution in [3.8, 4) is 0 Å². The number of para-hydroxylation sites is 2. The van der Waals surface area contributed by atoms with Gasteiger partial charge in [-0.15, -0.1) is 0 Å². The molecule has 0 atom stereocenters. The maximum absolute atomic E-state index is 13.5. The van der Waals surface area contributed by atoms with Gasteiger partial charge in [-0.3, -0.25) is 23.9 Å². The minimum Gasteiger partial charge on any atom is -0.324 e. The van der Waals surface area contributed by atoms with Gasteiger partial charge >= 0.3 is 0 Å². The van der Waals surface area contributed by atoms with Crippen molar-refractivity contribution in [2.24, 2.45) is 0 Å². The number of hydrogen-bond donors (Lipinski definition) is 1. The Morgan fingerprint density at radius 2 is 1.73 bits per heavy atom. The molecule has 0 spiro atoms. The maximum Gasteiger partial charge on any atom is 0.294 e. The highest BCUT2D eigenvalue weighted by atomic mass is 19.1. The Morgan fingerprint density at radius 3 is 2.45 bits per heavy atom. The van der Waals surface area contributed by atoms with Gasteiger partial charge in [0.05, 0.1) is 17.6 Å². The van der Waals surface area contributed by atoms with Crippen molar-refractivity contribution in [3.05, 3.63) is 101 Å². The molecule has 2 amide bonds. The minimum absolute atomic E-state index is 0.0661. The van der Waals surface area contributed by atoms with Crippen molar-refractivity contribution in [3.63, 3.8) is 0 Å². The van der Waals surface area contributed by atoms with E-state index in [1.165, 1.54) is 34.6 Å². The molecular formula is C25H21FN4O3. The summed E-state index contributed by atoms with van der Waals surface area (Å²) in [4.78, 5) is 44.3. The van der Waals surface area contributed by atoms with Gasteiger partial charge in [0.15, 0.2) is 0 Å². The molecule has 0 aliphatic heterocycles. The standard InChI is InChI=1S/C25H21FN4O3/c1-17(31)29(15-18-8-3-2-4-9-18)24-25(33)30(22-13-6-5-12-21(22)28-24)16-23(32)27-20-11-7-10-19(26)14-20/h2-14H,15-16H2,1H3,(H,27,32). The van der Waals surface area contributed by atoms with Gasteiger partial charge in [0.2, 0.25) is 17.6 Å². The molecule has 4 rings (SSSR count). The highest BCUT2D eigenvalue weighted by Gasteiger charge is 2.21. The fourth-order valence-corrected chi connectivity index (χ4v) is 3.52. The number of nitrogens with one attached hydrogen (secondary N) is 1. The van der Waals surface area contributed by atoms with Crippen LogP contribution in [0.25, 0.3) is 11.0 Å². The lowest BCUT2D eigenvalue weighted by molar-refractivity contribution is -0.117. The van der Waals surface area contributed by atoms with Gasteiger partial charge in [-0.25, -0.2) is 9.37 Å². The van der Waals surface area contributed by atoms with Crippen LogP contribution in [0.4, 0.5) is 15.9 Å². The van der Waals surface area contributed by atoms with E-state index < -0.39 is 17.3 Å². The molecule has 0 saturated heterocycles. The number of amides is 2. The van der Waals surface area contributed by atoms with Crippen LogP contribution in [-0.4, -0.2) is 21.4 Å². The molecule has 0 aliphatic carbocycles. The largest absolute Gasteiger partial charge is 0.324 e. The smallest absolute Gasteiger partial charge is 0.294 e. The van der Waals surface area contributed by atoms with E-state index in [-0.39, 0.29) is 30.5 Å². The third-order valence-corrected chi connectivity index (χ3v) is 5.06. The van der Waals surface area contributed by atoms with Crippen molar-refractivity contribution in [1.29, 1.82) is 0 Å². The zero-order valence-electron chi connectivity index (χ0n) is 17.9. The van der Waals surface area contributed by atoms with Crippen LogP contribution >= 0.6 is 0 Å². The number of aromatic nitrogens is 2. The lowest BCUT2D eigenvalue weighted by atomic mass is 10.2. The molecule has 0 fully saturated rings. The first-order valence-corrected chi connectivity index (χ1v) is 10.3. The molecule has 0 unspecified atom stereocenters. The van der Waals surface area contributed by atoms with Gasteiger partial charge in [-0.05, 0) is 35.9 Å². The van der Waals surface area contributed by atoms with E-state index in [0.717, 1.165) is 5.56 Å². The second-order valence-electron chi connectivity index (χ2n) is 7.46. The number of fused-ring (bicyclic) bond motifs is 1. The SMILES string of the molecule is CC(=O)N(Cc1ccccc1)c1nc2ccccc2n(CC(=O)Nc2cccc(F)c2)c1=O. The minimum atomic E-state index is -0.575. The summed E-state index contributed by atoms with van der Waals surface area (Å²) in [7, 11) is 0. The maximum atomic E-state index is 13.5. The van der Waals surface area contributed by atoms with Crippen LogP contribution in [0.3, 0.4) is 0 Å². The first-order chi connectivity index (χ1) is 15.9. The van der Waals surface area contributed by atoms with Crippen LogP contribution in [0, 0.1) is 5.82 Å². The van der Waals surface area contributed by atoms with Gasteiger partial charge in [0.1, 0.15) is 12.4 Å². The van der Waals surface area contributed by atoms with Crippen LogP contribution in [0.2, 0.25) is 0 Å². The zero-order valence-corrected chi connectivity index (χ0v) is 17.9. The van der Waals surface area contributed by atoms with Gasteiger partial charge in [-0.1, -0.05) is 48.5 Å². The molecule has 1 heterocycles. The third-order valence-electron chi connectivity index (χ3n) is 5.06. The number of nitrogens with zero attached hydrogens (tertiary/aromatic N) is 3. The van der Waals surface area contributed by atoms with Gasteiger partial charge in [-0.2, -0.15) is 0 Å². The number of carbonyl (C=O) groups excluding carboxylic acids is 2. The zero-order chi connectivity index (χ0) is 23.4. The molecule has 1 aromatic heterocycles. The molecule has 4 aromatic rings. The first kappa shape index (κ1) is 21.9. The molecular weight excluding hydrogens is 423 g/mol. The van der Waals surface area contributed by atoms with Gasteiger partial charge in [0.25, 0.3) is 5.56 Å². The van der Waals surface area contributed by atoms with Gasteiger partial charge < -0.3 is 5.32 Å². The average Bonchev–Trinajstić information content (AvgIpc) is 2.80. The van der Waals surface area contributed by atoms with E-state index in [2.05, 4.69) is 10.3 Å². The number of halogens is 1. The van der Waals surface area contributed by atoms with E-state index in [1.807, 2.05) is 30.3 Å². The predicted octanol–water partition coefficient (Wildman–Crippen LogP) is 3.73. The van der Waals surface area contributed by atoms with Crippen molar-refractivity contribution >= 4 is 34.4 Å².